The minimum absolute atomic E-state index is 0.152. The third kappa shape index (κ3) is 2.09. The zero-order chi connectivity index (χ0) is 11.7. The van der Waals surface area contributed by atoms with Gasteiger partial charge in [-0.05, 0) is 26.0 Å². The number of halogens is 2. The van der Waals surface area contributed by atoms with Gasteiger partial charge in [0.05, 0.1) is 17.3 Å². The predicted molar refractivity (Wildman–Crippen MR) is 62.2 cm³/mol. The first-order valence-electron chi connectivity index (χ1n) is 5.02. The van der Waals surface area contributed by atoms with Crippen molar-refractivity contribution in [3.05, 3.63) is 52.1 Å². The van der Waals surface area contributed by atoms with E-state index >= 15 is 0 Å². The predicted octanol–water partition coefficient (Wildman–Crippen LogP) is 3.34. The second-order valence-electron chi connectivity index (χ2n) is 3.80. The van der Waals surface area contributed by atoms with E-state index in [1.807, 2.05) is 19.9 Å². The van der Waals surface area contributed by atoms with Crippen molar-refractivity contribution in [2.24, 2.45) is 0 Å². The minimum atomic E-state index is -0.364. The molecule has 0 spiro atoms. The van der Waals surface area contributed by atoms with Gasteiger partial charge in [0.15, 0.2) is 0 Å². The lowest BCUT2D eigenvalue weighted by atomic mass is 10.2. The molecule has 16 heavy (non-hydrogen) atoms. The highest BCUT2D eigenvalue weighted by molar-refractivity contribution is 6.30. The molecular formula is C12H12ClFN2. The SMILES string of the molecule is Cc1cc(C)n(Cc2cccc(Cl)c2F)n1. The quantitative estimate of drug-likeness (QED) is 0.785. The molecule has 0 unspecified atom stereocenters. The lowest BCUT2D eigenvalue weighted by Gasteiger charge is -2.06. The van der Waals surface area contributed by atoms with Gasteiger partial charge < -0.3 is 0 Å². The number of aromatic nitrogens is 2. The largest absolute Gasteiger partial charge is 0.265 e. The van der Waals surface area contributed by atoms with Gasteiger partial charge >= 0.3 is 0 Å². The summed E-state index contributed by atoms with van der Waals surface area (Å²) < 4.78 is 15.4. The third-order valence-corrected chi connectivity index (χ3v) is 2.75. The minimum Gasteiger partial charge on any atom is -0.265 e. The standard InChI is InChI=1S/C12H12ClFN2/c1-8-6-9(2)16(15-8)7-10-4-3-5-11(13)12(10)14/h3-6H,7H2,1-2H3. The van der Waals surface area contributed by atoms with Crippen molar-refractivity contribution in [1.29, 1.82) is 0 Å². The number of rotatable bonds is 2. The molecule has 0 radical (unpaired) electrons. The molecule has 0 aliphatic carbocycles. The molecule has 0 N–H and O–H groups in total. The summed E-state index contributed by atoms with van der Waals surface area (Å²) in [4.78, 5) is 0. The molecule has 0 saturated heterocycles. The van der Waals surface area contributed by atoms with Crippen LogP contribution in [-0.2, 0) is 6.54 Å². The number of hydrogen-bond acceptors (Lipinski definition) is 1. The molecule has 0 aliphatic heterocycles. The van der Waals surface area contributed by atoms with Crippen molar-refractivity contribution in [1.82, 2.24) is 9.78 Å². The summed E-state index contributed by atoms with van der Waals surface area (Å²) >= 11 is 5.72. The molecule has 1 aromatic heterocycles. The zero-order valence-corrected chi connectivity index (χ0v) is 9.92. The second-order valence-corrected chi connectivity index (χ2v) is 4.20. The van der Waals surface area contributed by atoms with E-state index in [2.05, 4.69) is 5.10 Å². The maximum Gasteiger partial charge on any atom is 0.146 e. The van der Waals surface area contributed by atoms with Crippen molar-refractivity contribution >= 4 is 11.6 Å². The van der Waals surface area contributed by atoms with Crippen LogP contribution in [-0.4, -0.2) is 9.78 Å². The summed E-state index contributed by atoms with van der Waals surface area (Å²) in [5.74, 6) is -0.364. The van der Waals surface area contributed by atoms with Gasteiger partial charge in [0.1, 0.15) is 5.82 Å². The van der Waals surface area contributed by atoms with Crippen molar-refractivity contribution < 1.29 is 4.39 Å². The van der Waals surface area contributed by atoms with Crippen molar-refractivity contribution in [3.8, 4) is 0 Å². The Hall–Kier alpha value is -1.35. The maximum absolute atomic E-state index is 13.7. The Kier molecular flexibility index (Phi) is 2.97. The van der Waals surface area contributed by atoms with Gasteiger partial charge in [0.25, 0.3) is 0 Å². The first-order valence-corrected chi connectivity index (χ1v) is 5.39. The van der Waals surface area contributed by atoms with Crippen LogP contribution in [0.15, 0.2) is 24.3 Å². The molecule has 1 aromatic carbocycles. The van der Waals surface area contributed by atoms with Gasteiger partial charge in [0, 0.05) is 11.3 Å². The molecule has 2 aromatic rings. The third-order valence-electron chi connectivity index (χ3n) is 2.46. The normalized spacial score (nSPS) is 10.8. The van der Waals surface area contributed by atoms with Crippen LogP contribution in [0.1, 0.15) is 17.0 Å². The Bertz CT molecular complexity index is 520. The Morgan fingerprint density at radius 2 is 2.12 bits per heavy atom. The van der Waals surface area contributed by atoms with Crippen LogP contribution in [0.5, 0.6) is 0 Å². The van der Waals surface area contributed by atoms with Gasteiger partial charge in [0.2, 0.25) is 0 Å². The first-order chi connectivity index (χ1) is 7.58. The fraction of sp³-hybridized carbons (Fsp3) is 0.250. The topological polar surface area (TPSA) is 17.8 Å². The van der Waals surface area contributed by atoms with Crippen molar-refractivity contribution in [2.45, 2.75) is 20.4 Å². The summed E-state index contributed by atoms with van der Waals surface area (Å²) in [6.07, 6.45) is 0. The number of benzene rings is 1. The first kappa shape index (κ1) is 11.1. The molecule has 0 atom stereocenters. The molecule has 0 fully saturated rings. The summed E-state index contributed by atoms with van der Waals surface area (Å²) in [6, 6.07) is 6.97. The lowest BCUT2D eigenvalue weighted by Crippen LogP contribution is -2.05. The number of aryl methyl sites for hydroxylation is 2. The van der Waals surface area contributed by atoms with Crippen LogP contribution in [0.25, 0.3) is 0 Å². The van der Waals surface area contributed by atoms with Crippen LogP contribution in [0.4, 0.5) is 4.39 Å². The van der Waals surface area contributed by atoms with Crippen LogP contribution >= 0.6 is 11.6 Å². The average Bonchev–Trinajstić information content (AvgIpc) is 2.53. The maximum atomic E-state index is 13.7. The van der Waals surface area contributed by atoms with Crippen LogP contribution < -0.4 is 0 Å². The molecule has 0 bridgehead atoms. The summed E-state index contributed by atoms with van der Waals surface area (Å²) in [7, 11) is 0. The zero-order valence-electron chi connectivity index (χ0n) is 9.17. The van der Waals surface area contributed by atoms with E-state index in [1.165, 1.54) is 0 Å². The van der Waals surface area contributed by atoms with Crippen LogP contribution in [0, 0.1) is 19.7 Å². The fourth-order valence-corrected chi connectivity index (χ4v) is 1.86. The van der Waals surface area contributed by atoms with E-state index in [1.54, 1.807) is 22.9 Å². The van der Waals surface area contributed by atoms with Gasteiger partial charge in [-0.3, -0.25) is 4.68 Å². The molecule has 0 aliphatic rings. The molecular weight excluding hydrogens is 227 g/mol. The van der Waals surface area contributed by atoms with E-state index in [0.29, 0.717) is 12.1 Å². The van der Waals surface area contributed by atoms with E-state index in [-0.39, 0.29) is 10.8 Å². The molecule has 4 heteroatoms. The Labute approximate surface area is 98.7 Å². The average molecular weight is 239 g/mol. The highest BCUT2D eigenvalue weighted by Crippen LogP contribution is 2.19. The molecule has 2 nitrogen and oxygen atoms in total. The van der Waals surface area contributed by atoms with Gasteiger partial charge in [-0.2, -0.15) is 5.10 Å². The van der Waals surface area contributed by atoms with Crippen molar-refractivity contribution in [2.75, 3.05) is 0 Å². The molecule has 1 heterocycles. The fourth-order valence-electron chi connectivity index (χ4n) is 1.67. The Morgan fingerprint density at radius 3 is 2.75 bits per heavy atom. The molecule has 84 valence electrons. The van der Waals surface area contributed by atoms with Crippen LogP contribution in [0.3, 0.4) is 0 Å². The number of nitrogens with zero attached hydrogens (tertiary/aromatic N) is 2. The number of hydrogen-bond donors (Lipinski definition) is 0. The van der Waals surface area contributed by atoms with Gasteiger partial charge in [-0.25, -0.2) is 4.39 Å². The monoisotopic (exact) mass is 238 g/mol. The van der Waals surface area contributed by atoms with E-state index in [9.17, 15) is 4.39 Å². The molecule has 0 amide bonds. The highest BCUT2D eigenvalue weighted by atomic mass is 35.5. The summed E-state index contributed by atoms with van der Waals surface area (Å²) in [5.41, 5.74) is 2.50. The van der Waals surface area contributed by atoms with E-state index < -0.39 is 0 Å². The second kappa shape index (κ2) is 4.26. The Morgan fingerprint density at radius 1 is 1.38 bits per heavy atom. The smallest absolute Gasteiger partial charge is 0.146 e. The van der Waals surface area contributed by atoms with E-state index in [4.69, 9.17) is 11.6 Å². The van der Waals surface area contributed by atoms with Gasteiger partial charge in [-0.15, -0.1) is 0 Å². The van der Waals surface area contributed by atoms with Crippen molar-refractivity contribution in [3.63, 3.8) is 0 Å². The molecule has 2 rings (SSSR count). The summed E-state index contributed by atoms with van der Waals surface area (Å²) in [5, 5.41) is 4.44. The summed E-state index contributed by atoms with van der Waals surface area (Å²) in [6.45, 7) is 4.27. The lowest BCUT2D eigenvalue weighted by molar-refractivity contribution is 0.579. The van der Waals surface area contributed by atoms with Crippen LogP contribution in [0.2, 0.25) is 5.02 Å². The van der Waals surface area contributed by atoms with Gasteiger partial charge in [-0.1, -0.05) is 23.7 Å². The Balaban J connectivity index is 2.34. The van der Waals surface area contributed by atoms with E-state index in [0.717, 1.165) is 11.4 Å². The molecule has 0 saturated carbocycles. The highest BCUT2D eigenvalue weighted by Gasteiger charge is 2.08.